The van der Waals surface area contributed by atoms with Crippen molar-refractivity contribution in [2.75, 3.05) is 38.7 Å². The van der Waals surface area contributed by atoms with Gasteiger partial charge in [0.15, 0.2) is 17.5 Å². The number of methoxy groups -OCH3 is 1. The zero-order valence-corrected chi connectivity index (χ0v) is 18.4. The first-order valence-corrected chi connectivity index (χ1v) is 10.9. The number of hydrogen-bond donors (Lipinski definition) is 2. The van der Waals surface area contributed by atoms with E-state index in [0.29, 0.717) is 62.8 Å². The van der Waals surface area contributed by atoms with E-state index in [0.717, 1.165) is 24.3 Å². The summed E-state index contributed by atoms with van der Waals surface area (Å²) >= 11 is 0. The molecule has 1 aliphatic rings. The summed E-state index contributed by atoms with van der Waals surface area (Å²) in [6.45, 7) is 2.30. The zero-order valence-electron chi connectivity index (χ0n) is 18.4. The number of carbonyl (C=O) groups is 1. The van der Waals surface area contributed by atoms with Gasteiger partial charge in [0, 0.05) is 37.7 Å². The van der Waals surface area contributed by atoms with Gasteiger partial charge in [-0.05, 0) is 43.0 Å². The third-order valence-electron chi connectivity index (χ3n) is 4.94. The molecule has 32 heavy (non-hydrogen) atoms. The second-order valence-corrected chi connectivity index (χ2v) is 7.37. The van der Waals surface area contributed by atoms with E-state index < -0.39 is 0 Å². The van der Waals surface area contributed by atoms with Crippen molar-refractivity contribution in [1.29, 1.82) is 0 Å². The largest absolute Gasteiger partial charge is 0.490 e. The molecule has 0 aromatic heterocycles. The van der Waals surface area contributed by atoms with Crippen LogP contribution in [0.5, 0.6) is 11.5 Å². The number of ether oxygens (including phenoxy) is 3. The number of aliphatic imine (C=N–C) groups is 1. The van der Waals surface area contributed by atoms with Crippen molar-refractivity contribution in [3.05, 3.63) is 53.8 Å². The number of fused-ring (bicyclic) bond motifs is 1. The molecule has 1 heterocycles. The summed E-state index contributed by atoms with van der Waals surface area (Å²) in [5.74, 6) is 1.56. The lowest BCUT2D eigenvalue weighted by Gasteiger charge is -2.15. The molecule has 0 bridgehead atoms. The fourth-order valence-corrected chi connectivity index (χ4v) is 3.21. The van der Waals surface area contributed by atoms with E-state index in [1.54, 1.807) is 12.1 Å². The van der Waals surface area contributed by atoms with Crippen molar-refractivity contribution in [3.63, 3.8) is 0 Å². The van der Waals surface area contributed by atoms with Crippen molar-refractivity contribution < 1.29 is 23.4 Å². The van der Waals surface area contributed by atoms with Crippen LogP contribution in [0.15, 0.2) is 47.5 Å². The molecule has 1 aliphatic heterocycles. The fraction of sp³-hybridized carbons (Fsp3) is 0.417. The topological polar surface area (TPSA) is 81.2 Å². The first kappa shape index (κ1) is 23.4. The highest BCUT2D eigenvalue weighted by Crippen LogP contribution is 2.32. The lowest BCUT2D eigenvalue weighted by molar-refractivity contribution is -0.140. The third kappa shape index (κ3) is 7.44. The van der Waals surface area contributed by atoms with E-state index in [4.69, 9.17) is 9.47 Å². The molecule has 2 aromatic rings. The van der Waals surface area contributed by atoms with Crippen molar-refractivity contribution in [2.45, 2.75) is 32.1 Å². The van der Waals surface area contributed by atoms with Crippen LogP contribution in [0.25, 0.3) is 0 Å². The normalized spacial score (nSPS) is 13.2. The standard InChI is InChI=1S/C24H30FN3O4/c1-30-23(29)9-4-5-13-26-24(27-14-12-18-7-2-3-8-20(18)25)28-19-10-11-21-22(17-19)32-16-6-15-31-21/h2-3,7-8,10-11,17H,4-6,9,12-16H2,1H3,(H2,26,27,28). The van der Waals surface area contributed by atoms with E-state index in [1.807, 2.05) is 24.3 Å². The number of benzene rings is 2. The average Bonchev–Trinajstić information content (AvgIpc) is 3.04. The smallest absolute Gasteiger partial charge is 0.305 e. The molecule has 0 amide bonds. The molecular formula is C24H30FN3O4. The number of nitrogens with zero attached hydrogens (tertiary/aromatic N) is 1. The van der Waals surface area contributed by atoms with Crippen molar-refractivity contribution in [2.24, 2.45) is 4.99 Å². The lowest BCUT2D eigenvalue weighted by atomic mass is 10.1. The van der Waals surface area contributed by atoms with Crippen LogP contribution in [0, 0.1) is 5.82 Å². The highest BCUT2D eigenvalue weighted by Gasteiger charge is 2.11. The van der Waals surface area contributed by atoms with Crippen LogP contribution in [0.4, 0.5) is 10.1 Å². The number of nitrogens with one attached hydrogen (secondary N) is 2. The number of rotatable bonds is 9. The summed E-state index contributed by atoms with van der Waals surface area (Å²) < 4.78 is 30.0. The molecule has 0 saturated carbocycles. The minimum absolute atomic E-state index is 0.216. The van der Waals surface area contributed by atoms with Gasteiger partial charge in [-0.3, -0.25) is 9.79 Å². The monoisotopic (exact) mass is 443 g/mol. The molecule has 2 aromatic carbocycles. The lowest BCUT2D eigenvalue weighted by Crippen LogP contribution is -2.32. The number of hydrogen-bond acceptors (Lipinski definition) is 5. The zero-order chi connectivity index (χ0) is 22.6. The molecule has 0 atom stereocenters. The molecule has 172 valence electrons. The van der Waals surface area contributed by atoms with E-state index in [1.165, 1.54) is 13.2 Å². The van der Waals surface area contributed by atoms with Crippen molar-refractivity contribution >= 4 is 17.6 Å². The first-order chi connectivity index (χ1) is 15.7. The molecule has 0 radical (unpaired) electrons. The van der Waals surface area contributed by atoms with Gasteiger partial charge in [-0.1, -0.05) is 18.2 Å². The predicted molar refractivity (Wildman–Crippen MR) is 122 cm³/mol. The molecule has 2 N–H and O–H groups in total. The second kappa shape index (κ2) is 12.5. The Labute approximate surface area is 188 Å². The van der Waals surface area contributed by atoms with E-state index in [2.05, 4.69) is 20.4 Å². The summed E-state index contributed by atoms with van der Waals surface area (Å²) in [7, 11) is 1.39. The van der Waals surface area contributed by atoms with E-state index in [9.17, 15) is 9.18 Å². The van der Waals surface area contributed by atoms with Gasteiger partial charge in [-0.25, -0.2) is 4.39 Å². The Morgan fingerprint density at radius 1 is 1.12 bits per heavy atom. The van der Waals surface area contributed by atoms with Crippen LogP contribution < -0.4 is 20.1 Å². The van der Waals surface area contributed by atoms with Crippen LogP contribution >= 0.6 is 0 Å². The van der Waals surface area contributed by atoms with Gasteiger partial charge >= 0.3 is 5.97 Å². The van der Waals surface area contributed by atoms with Gasteiger partial charge in [0.05, 0.1) is 20.3 Å². The van der Waals surface area contributed by atoms with E-state index in [-0.39, 0.29) is 11.8 Å². The van der Waals surface area contributed by atoms with Gasteiger partial charge in [-0.2, -0.15) is 0 Å². The molecule has 0 fully saturated rings. The minimum atomic E-state index is -0.220. The number of anilines is 1. The first-order valence-electron chi connectivity index (χ1n) is 10.9. The Kier molecular flexibility index (Phi) is 9.16. The Morgan fingerprint density at radius 2 is 1.94 bits per heavy atom. The van der Waals surface area contributed by atoms with Crippen molar-refractivity contribution in [3.8, 4) is 11.5 Å². The SMILES string of the molecule is COC(=O)CCCCN=C(NCCc1ccccc1F)Nc1ccc2c(c1)OCCCO2. The maximum Gasteiger partial charge on any atom is 0.305 e. The summed E-state index contributed by atoms with van der Waals surface area (Å²) in [6, 6.07) is 12.4. The molecule has 0 saturated heterocycles. The molecular weight excluding hydrogens is 413 g/mol. The predicted octanol–water partition coefficient (Wildman–Crippen LogP) is 3.93. The number of esters is 1. The Morgan fingerprint density at radius 3 is 2.75 bits per heavy atom. The number of halogens is 1. The highest BCUT2D eigenvalue weighted by molar-refractivity contribution is 5.94. The molecule has 0 aliphatic carbocycles. The Bertz CT molecular complexity index is 920. The van der Waals surface area contributed by atoms with Crippen LogP contribution in [0.2, 0.25) is 0 Å². The molecule has 0 spiro atoms. The van der Waals surface area contributed by atoms with Crippen LogP contribution in [0.1, 0.15) is 31.2 Å². The third-order valence-corrected chi connectivity index (χ3v) is 4.94. The second-order valence-electron chi connectivity index (χ2n) is 7.37. The fourth-order valence-electron chi connectivity index (χ4n) is 3.21. The van der Waals surface area contributed by atoms with E-state index >= 15 is 0 Å². The Balaban J connectivity index is 1.61. The van der Waals surface area contributed by atoms with Crippen LogP contribution in [0.3, 0.4) is 0 Å². The van der Waals surface area contributed by atoms with Crippen LogP contribution in [-0.2, 0) is 16.0 Å². The minimum Gasteiger partial charge on any atom is -0.490 e. The maximum atomic E-state index is 13.9. The number of carbonyl (C=O) groups excluding carboxylic acids is 1. The summed E-state index contributed by atoms with van der Waals surface area (Å²) in [5.41, 5.74) is 1.45. The number of guanidine groups is 1. The van der Waals surface area contributed by atoms with Gasteiger partial charge in [0.25, 0.3) is 0 Å². The highest BCUT2D eigenvalue weighted by atomic mass is 19.1. The van der Waals surface area contributed by atoms with Gasteiger partial charge in [0.2, 0.25) is 0 Å². The summed E-state index contributed by atoms with van der Waals surface area (Å²) in [4.78, 5) is 15.9. The number of unbranched alkanes of at least 4 members (excludes halogenated alkanes) is 1. The average molecular weight is 444 g/mol. The maximum absolute atomic E-state index is 13.9. The van der Waals surface area contributed by atoms with Gasteiger partial charge < -0.3 is 24.8 Å². The van der Waals surface area contributed by atoms with Crippen molar-refractivity contribution in [1.82, 2.24) is 5.32 Å². The molecule has 3 rings (SSSR count). The quantitative estimate of drug-likeness (QED) is 0.265. The summed E-state index contributed by atoms with van der Waals surface area (Å²) in [6.07, 6.45) is 3.18. The van der Waals surface area contributed by atoms with Crippen LogP contribution in [-0.4, -0.2) is 45.3 Å². The molecule has 8 heteroatoms. The van der Waals surface area contributed by atoms with Gasteiger partial charge in [0.1, 0.15) is 5.82 Å². The van der Waals surface area contributed by atoms with Gasteiger partial charge in [-0.15, -0.1) is 0 Å². The molecule has 0 unspecified atom stereocenters. The summed E-state index contributed by atoms with van der Waals surface area (Å²) in [5, 5.41) is 6.53. The molecule has 7 nitrogen and oxygen atoms in total. The Hall–Kier alpha value is -3.29.